The van der Waals surface area contributed by atoms with Crippen LogP contribution in [0, 0.1) is 0 Å². The van der Waals surface area contributed by atoms with Gasteiger partial charge in [-0.3, -0.25) is 9.14 Å². The molecule has 0 aromatic carbocycles. The summed E-state index contributed by atoms with van der Waals surface area (Å²) in [4.78, 5) is 3.36. The summed E-state index contributed by atoms with van der Waals surface area (Å²) >= 11 is 0. The summed E-state index contributed by atoms with van der Waals surface area (Å²) in [5.41, 5.74) is 1.22. The van der Waals surface area contributed by atoms with E-state index in [2.05, 4.69) is 9.72 Å². The van der Waals surface area contributed by atoms with Crippen molar-refractivity contribution in [1.82, 2.24) is 9.38 Å². The van der Waals surface area contributed by atoms with Gasteiger partial charge in [-0.2, -0.15) is 13.2 Å². The van der Waals surface area contributed by atoms with Gasteiger partial charge in [0.15, 0.2) is 0 Å². The Morgan fingerprint density at radius 1 is 1.12 bits per heavy atom. The third kappa shape index (κ3) is 3.45. The van der Waals surface area contributed by atoms with Crippen molar-refractivity contribution in [3.63, 3.8) is 0 Å². The first kappa shape index (κ1) is 16.6. The van der Waals surface area contributed by atoms with Crippen LogP contribution in [0.2, 0.25) is 0 Å². The number of halogens is 6. The van der Waals surface area contributed by atoms with Crippen LogP contribution in [0.15, 0.2) is 42.8 Å². The quantitative estimate of drug-likeness (QED) is 0.742. The van der Waals surface area contributed by atoms with Crippen molar-refractivity contribution in [2.45, 2.75) is 25.1 Å². The van der Waals surface area contributed by atoms with E-state index in [0.29, 0.717) is 11.1 Å². The van der Waals surface area contributed by atoms with Crippen molar-refractivity contribution in [2.24, 2.45) is 0 Å². The molecule has 0 saturated heterocycles. The maximum Gasteiger partial charge on any atom is 0.523 e. The van der Waals surface area contributed by atoms with E-state index in [-0.39, 0.29) is 11.9 Å². The first-order valence-corrected chi connectivity index (χ1v) is 6.81. The standard InChI is InChI=1S/C15H10F6N2O/c16-14(17,18)13-22-7-11-4-1-10(8-23(11)13)9-2-5-12(6-3-9)24-15(19,20)21/h1-5,7-8,12H,6H2/t12-/m0/s1. The molecule has 0 unspecified atom stereocenters. The molecule has 0 N–H and O–H groups in total. The Morgan fingerprint density at radius 3 is 2.46 bits per heavy atom. The third-order valence-electron chi connectivity index (χ3n) is 3.46. The number of rotatable bonds is 2. The highest BCUT2D eigenvalue weighted by Crippen LogP contribution is 2.31. The Bertz CT molecular complexity index is 815. The summed E-state index contributed by atoms with van der Waals surface area (Å²) in [7, 11) is 0. The molecule has 0 radical (unpaired) electrons. The predicted octanol–water partition coefficient (Wildman–Crippen LogP) is 4.60. The third-order valence-corrected chi connectivity index (χ3v) is 3.46. The number of aromatic nitrogens is 2. The molecular weight excluding hydrogens is 338 g/mol. The zero-order valence-corrected chi connectivity index (χ0v) is 11.9. The van der Waals surface area contributed by atoms with Crippen LogP contribution in [0.3, 0.4) is 0 Å². The number of fused-ring (bicyclic) bond motifs is 1. The van der Waals surface area contributed by atoms with Gasteiger partial charge in [0, 0.05) is 6.20 Å². The molecule has 0 saturated carbocycles. The lowest BCUT2D eigenvalue weighted by Crippen LogP contribution is -2.22. The fraction of sp³-hybridized carbons (Fsp3) is 0.267. The number of allylic oxidation sites excluding steroid dienone is 2. The van der Waals surface area contributed by atoms with Crippen LogP contribution in [-0.4, -0.2) is 21.9 Å². The van der Waals surface area contributed by atoms with Gasteiger partial charge < -0.3 is 0 Å². The van der Waals surface area contributed by atoms with Crippen molar-refractivity contribution in [1.29, 1.82) is 0 Å². The second-order valence-electron chi connectivity index (χ2n) is 5.15. The minimum atomic E-state index is -4.74. The predicted molar refractivity (Wildman–Crippen MR) is 72.9 cm³/mol. The molecule has 1 atom stereocenters. The minimum absolute atomic E-state index is 0.0283. The molecule has 2 aromatic heterocycles. The second-order valence-corrected chi connectivity index (χ2v) is 5.15. The SMILES string of the molecule is FC(F)(F)O[C@H]1C=CC(c2ccc3cnc(C(F)(F)F)n3c2)=CC1. The number of alkyl halides is 6. The fourth-order valence-corrected chi connectivity index (χ4v) is 2.44. The topological polar surface area (TPSA) is 26.5 Å². The summed E-state index contributed by atoms with van der Waals surface area (Å²) in [6.07, 6.45) is -4.04. The molecular formula is C15H10F6N2O. The number of nitrogens with zero attached hydrogens (tertiary/aromatic N) is 2. The molecule has 0 spiro atoms. The van der Waals surface area contributed by atoms with Crippen molar-refractivity contribution < 1.29 is 31.1 Å². The van der Waals surface area contributed by atoms with Crippen LogP contribution < -0.4 is 0 Å². The molecule has 9 heteroatoms. The normalized spacial score (nSPS) is 18.9. The molecule has 128 valence electrons. The van der Waals surface area contributed by atoms with Crippen LogP contribution in [0.1, 0.15) is 17.8 Å². The van der Waals surface area contributed by atoms with Gasteiger partial charge in [-0.15, -0.1) is 13.2 Å². The van der Waals surface area contributed by atoms with Gasteiger partial charge in [0.05, 0.1) is 17.8 Å². The molecule has 24 heavy (non-hydrogen) atoms. The maximum atomic E-state index is 12.9. The van der Waals surface area contributed by atoms with Crippen molar-refractivity contribution in [2.75, 3.05) is 0 Å². The van der Waals surface area contributed by atoms with E-state index < -0.39 is 24.5 Å². The van der Waals surface area contributed by atoms with Crippen LogP contribution in [0.4, 0.5) is 26.3 Å². The van der Waals surface area contributed by atoms with E-state index in [1.165, 1.54) is 30.5 Å². The minimum Gasteiger partial charge on any atom is -0.296 e. The summed E-state index contributed by atoms with van der Waals surface area (Å²) in [5, 5.41) is 0. The molecule has 3 nitrogen and oxygen atoms in total. The monoisotopic (exact) mass is 348 g/mol. The zero-order chi connectivity index (χ0) is 17.5. The van der Waals surface area contributed by atoms with Gasteiger partial charge in [0.2, 0.25) is 5.82 Å². The fourth-order valence-electron chi connectivity index (χ4n) is 2.44. The first-order chi connectivity index (χ1) is 11.1. The second kappa shape index (κ2) is 5.66. The lowest BCUT2D eigenvalue weighted by atomic mass is 9.99. The number of hydrogen-bond acceptors (Lipinski definition) is 2. The van der Waals surface area contributed by atoms with E-state index >= 15 is 0 Å². The molecule has 1 aliphatic rings. The average Bonchev–Trinajstić information content (AvgIpc) is 2.89. The lowest BCUT2D eigenvalue weighted by molar-refractivity contribution is -0.335. The maximum absolute atomic E-state index is 12.9. The molecule has 1 aliphatic carbocycles. The Kier molecular flexibility index (Phi) is 3.90. The summed E-state index contributed by atoms with van der Waals surface area (Å²) in [6, 6.07) is 3.04. The highest BCUT2D eigenvalue weighted by molar-refractivity contribution is 5.75. The lowest BCUT2D eigenvalue weighted by Gasteiger charge is -2.18. The van der Waals surface area contributed by atoms with Gasteiger partial charge in [0.1, 0.15) is 0 Å². The van der Waals surface area contributed by atoms with Crippen molar-refractivity contribution in [3.05, 3.63) is 54.1 Å². The zero-order valence-electron chi connectivity index (χ0n) is 11.9. The van der Waals surface area contributed by atoms with E-state index in [0.717, 1.165) is 10.6 Å². The molecule has 3 rings (SSSR count). The van der Waals surface area contributed by atoms with Crippen molar-refractivity contribution in [3.8, 4) is 0 Å². The summed E-state index contributed by atoms with van der Waals surface area (Å²) in [6.45, 7) is 0. The highest BCUT2D eigenvalue weighted by Gasteiger charge is 2.36. The number of ether oxygens (including phenoxy) is 1. The first-order valence-electron chi connectivity index (χ1n) is 6.81. The molecule has 0 bridgehead atoms. The Balaban J connectivity index is 1.87. The smallest absolute Gasteiger partial charge is 0.296 e. The van der Waals surface area contributed by atoms with E-state index in [4.69, 9.17) is 0 Å². The molecule has 0 fully saturated rings. The Morgan fingerprint density at radius 2 is 1.88 bits per heavy atom. The van der Waals surface area contributed by atoms with Gasteiger partial charge in [-0.05, 0) is 23.6 Å². The summed E-state index contributed by atoms with van der Waals surface area (Å²) in [5.74, 6) is -1.06. The van der Waals surface area contributed by atoms with Gasteiger partial charge in [-0.25, -0.2) is 4.98 Å². The average molecular weight is 348 g/mol. The molecule has 0 aliphatic heterocycles. The highest BCUT2D eigenvalue weighted by atomic mass is 19.4. The van der Waals surface area contributed by atoms with Crippen LogP contribution in [-0.2, 0) is 10.9 Å². The van der Waals surface area contributed by atoms with Gasteiger partial charge in [-0.1, -0.05) is 24.3 Å². The molecule has 2 heterocycles. The number of imidazole rings is 1. The van der Waals surface area contributed by atoms with Crippen LogP contribution >= 0.6 is 0 Å². The van der Waals surface area contributed by atoms with E-state index in [1.54, 1.807) is 6.07 Å². The molecule has 2 aromatic rings. The van der Waals surface area contributed by atoms with Gasteiger partial charge in [0.25, 0.3) is 0 Å². The van der Waals surface area contributed by atoms with Crippen LogP contribution in [0.25, 0.3) is 11.1 Å². The Hall–Kier alpha value is -2.29. The largest absolute Gasteiger partial charge is 0.523 e. The van der Waals surface area contributed by atoms with Crippen molar-refractivity contribution >= 4 is 11.1 Å². The van der Waals surface area contributed by atoms with Crippen LogP contribution in [0.5, 0.6) is 0 Å². The van der Waals surface area contributed by atoms with E-state index in [1.807, 2.05) is 0 Å². The number of pyridine rings is 1. The van der Waals surface area contributed by atoms with E-state index in [9.17, 15) is 26.3 Å². The van der Waals surface area contributed by atoms with Gasteiger partial charge >= 0.3 is 12.5 Å². The Labute approximate surface area is 131 Å². The molecule has 0 amide bonds. The number of hydrogen-bond donors (Lipinski definition) is 0. The summed E-state index contributed by atoms with van der Waals surface area (Å²) < 4.78 is 80.0.